The summed E-state index contributed by atoms with van der Waals surface area (Å²) in [7, 11) is 1.32. The molecular weight excluding hydrogens is 506 g/mol. The number of carbonyl (C=O) groups is 2. The number of halogens is 4. The number of rotatable bonds is 6. The Morgan fingerprint density at radius 1 is 1.33 bits per heavy atom. The van der Waals surface area contributed by atoms with Gasteiger partial charge in [-0.25, -0.2) is 4.39 Å². The van der Waals surface area contributed by atoms with E-state index in [9.17, 15) is 14.0 Å². The van der Waals surface area contributed by atoms with Crippen LogP contribution in [0.1, 0.15) is 29.3 Å². The fraction of sp³-hybridized carbons (Fsp3) is 0.222. The maximum absolute atomic E-state index is 13.3. The van der Waals surface area contributed by atoms with Crippen LogP contribution >= 0.6 is 43.5 Å². The Balaban J connectivity index is 2.39. The van der Waals surface area contributed by atoms with E-state index in [0.29, 0.717) is 14.6 Å². The van der Waals surface area contributed by atoms with Crippen LogP contribution in [0.3, 0.4) is 0 Å². The van der Waals surface area contributed by atoms with Crippen molar-refractivity contribution in [2.45, 2.75) is 19.4 Å². The summed E-state index contributed by atoms with van der Waals surface area (Å²) in [6.45, 7) is 1.80. The molecule has 5 nitrogen and oxygen atoms in total. The van der Waals surface area contributed by atoms with Gasteiger partial charge in [-0.15, -0.1) is 0 Å². The molecule has 27 heavy (non-hydrogen) atoms. The minimum absolute atomic E-state index is 0.00581. The van der Waals surface area contributed by atoms with Crippen molar-refractivity contribution in [1.29, 1.82) is 0 Å². The minimum atomic E-state index is -0.534. The number of benzene rings is 2. The quantitative estimate of drug-likeness (QED) is 0.310. The van der Waals surface area contributed by atoms with E-state index in [1.54, 1.807) is 13.0 Å². The molecule has 0 saturated heterocycles. The summed E-state index contributed by atoms with van der Waals surface area (Å²) in [5, 5.41) is 3.11. The standard InChI is InChI=1S/C18H16Br2ClFN2O3/c1-8(5-14(25)27-2)24-13-7-11(19)15(16(20)17(13)23)18(26)10-4-3-9(22)6-12(10)21/h3-4,6-8,24H,5,23H2,1-2H3/t8-/m0/s1. The number of carbonyl (C=O) groups excluding carboxylic acids is 2. The molecule has 0 aliphatic rings. The molecule has 144 valence electrons. The third kappa shape index (κ3) is 5.00. The predicted molar refractivity (Wildman–Crippen MR) is 111 cm³/mol. The van der Waals surface area contributed by atoms with Crippen molar-refractivity contribution in [2.75, 3.05) is 18.2 Å². The lowest BCUT2D eigenvalue weighted by Gasteiger charge is -2.19. The maximum Gasteiger partial charge on any atom is 0.307 e. The van der Waals surface area contributed by atoms with Gasteiger partial charge in [-0.1, -0.05) is 11.6 Å². The minimum Gasteiger partial charge on any atom is -0.469 e. The topological polar surface area (TPSA) is 81.4 Å². The fourth-order valence-corrected chi connectivity index (χ4v) is 4.15. The number of ether oxygens (including phenoxy) is 1. The van der Waals surface area contributed by atoms with Crippen LogP contribution in [-0.2, 0) is 9.53 Å². The van der Waals surface area contributed by atoms with Crippen LogP contribution in [0.15, 0.2) is 33.2 Å². The van der Waals surface area contributed by atoms with Gasteiger partial charge in [0.05, 0.1) is 40.0 Å². The molecule has 1 atom stereocenters. The molecule has 0 bridgehead atoms. The Bertz CT molecular complexity index is 909. The van der Waals surface area contributed by atoms with Crippen LogP contribution in [0.4, 0.5) is 15.8 Å². The highest BCUT2D eigenvalue weighted by atomic mass is 79.9. The molecule has 2 rings (SSSR count). The van der Waals surface area contributed by atoms with Crippen molar-refractivity contribution in [2.24, 2.45) is 0 Å². The number of nitrogen functional groups attached to an aromatic ring is 1. The van der Waals surface area contributed by atoms with E-state index in [1.165, 1.54) is 13.2 Å². The zero-order chi connectivity index (χ0) is 20.3. The normalized spacial score (nSPS) is 11.8. The summed E-state index contributed by atoms with van der Waals surface area (Å²) in [6.07, 6.45) is 0.150. The van der Waals surface area contributed by atoms with Crippen molar-refractivity contribution >= 4 is 66.6 Å². The summed E-state index contributed by atoms with van der Waals surface area (Å²) in [5.74, 6) is -1.31. The van der Waals surface area contributed by atoms with E-state index in [0.717, 1.165) is 12.1 Å². The van der Waals surface area contributed by atoms with Gasteiger partial charge < -0.3 is 15.8 Å². The smallest absolute Gasteiger partial charge is 0.307 e. The second kappa shape index (κ2) is 9.03. The largest absolute Gasteiger partial charge is 0.469 e. The third-order valence-electron chi connectivity index (χ3n) is 3.76. The number of nitrogens with one attached hydrogen (secondary N) is 1. The van der Waals surface area contributed by atoms with Gasteiger partial charge in [0.15, 0.2) is 5.78 Å². The van der Waals surface area contributed by atoms with Gasteiger partial charge >= 0.3 is 5.97 Å². The Kier molecular flexibility index (Phi) is 7.25. The summed E-state index contributed by atoms with van der Waals surface area (Å²) in [4.78, 5) is 24.3. The highest BCUT2D eigenvalue weighted by Crippen LogP contribution is 2.39. The van der Waals surface area contributed by atoms with Crippen molar-refractivity contribution in [1.82, 2.24) is 0 Å². The SMILES string of the molecule is COC(=O)C[C@H](C)Nc1cc(Br)c(C(=O)c2ccc(F)cc2Cl)c(Br)c1N. The van der Waals surface area contributed by atoms with E-state index in [-0.39, 0.29) is 40.3 Å². The van der Waals surface area contributed by atoms with Gasteiger partial charge in [-0.2, -0.15) is 0 Å². The highest BCUT2D eigenvalue weighted by Gasteiger charge is 2.23. The van der Waals surface area contributed by atoms with Crippen LogP contribution in [-0.4, -0.2) is 24.9 Å². The van der Waals surface area contributed by atoms with Gasteiger partial charge in [-0.3, -0.25) is 9.59 Å². The summed E-state index contributed by atoms with van der Waals surface area (Å²) < 4.78 is 18.7. The molecule has 0 spiro atoms. The van der Waals surface area contributed by atoms with Crippen molar-refractivity contribution < 1.29 is 18.7 Å². The van der Waals surface area contributed by atoms with Crippen LogP contribution in [0.5, 0.6) is 0 Å². The average molecular weight is 523 g/mol. The Hall–Kier alpha value is -1.64. The number of methoxy groups -OCH3 is 1. The van der Waals surface area contributed by atoms with Crippen LogP contribution < -0.4 is 11.1 Å². The molecular formula is C18H16Br2ClFN2O3. The third-order valence-corrected chi connectivity index (χ3v) is 5.52. The van der Waals surface area contributed by atoms with Crippen molar-refractivity contribution in [3.63, 3.8) is 0 Å². The first-order chi connectivity index (χ1) is 12.6. The zero-order valence-electron chi connectivity index (χ0n) is 14.4. The molecule has 0 aliphatic carbocycles. The molecule has 0 unspecified atom stereocenters. The first-order valence-corrected chi connectivity index (χ1v) is 9.72. The molecule has 0 radical (unpaired) electrons. The molecule has 0 saturated carbocycles. The molecule has 9 heteroatoms. The van der Waals surface area contributed by atoms with E-state index in [2.05, 4.69) is 41.9 Å². The first-order valence-electron chi connectivity index (χ1n) is 7.76. The molecule has 3 N–H and O–H groups in total. The summed E-state index contributed by atoms with van der Waals surface area (Å²) in [5.41, 5.74) is 7.38. The number of ketones is 1. The fourth-order valence-electron chi connectivity index (χ4n) is 2.42. The van der Waals surface area contributed by atoms with E-state index >= 15 is 0 Å². The number of anilines is 2. The Labute approximate surface area is 177 Å². The van der Waals surface area contributed by atoms with Crippen LogP contribution in [0.2, 0.25) is 5.02 Å². The van der Waals surface area contributed by atoms with Crippen molar-refractivity contribution in [3.8, 4) is 0 Å². The number of hydrogen-bond donors (Lipinski definition) is 2. The molecule has 0 fully saturated rings. The van der Waals surface area contributed by atoms with E-state index < -0.39 is 11.6 Å². The first kappa shape index (κ1) is 21.7. The molecule has 2 aromatic rings. The number of esters is 1. The Morgan fingerprint density at radius 2 is 2.00 bits per heavy atom. The average Bonchev–Trinajstić information content (AvgIpc) is 2.59. The van der Waals surface area contributed by atoms with E-state index in [4.69, 9.17) is 17.3 Å². The van der Waals surface area contributed by atoms with E-state index in [1.807, 2.05) is 0 Å². The van der Waals surface area contributed by atoms with Crippen LogP contribution in [0.25, 0.3) is 0 Å². The van der Waals surface area contributed by atoms with Crippen molar-refractivity contribution in [3.05, 3.63) is 55.2 Å². The summed E-state index contributed by atoms with van der Waals surface area (Å²) >= 11 is 12.7. The molecule has 0 aromatic heterocycles. The van der Waals surface area contributed by atoms with Gasteiger partial charge in [0.1, 0.15) is 5.82 Å². The maximum atomic E-state index is 13.3. The highest BCUT2D eigenvalue weighted by molar-refractivity contribution is 9.11. The van der Waals surface area contributed by atoms with Crippen LogP contribution in [0, 0.1) is 5.82 Å². The second-order valence-corrected chi connectivity index (χ2v) is 7.84. The van der Waals surface area contributed by atoms with Gasteiger partial charge in [-0.05, 0) is 63.0 Å². The molecule has 0 amide bonds. The monoisotopic (exact) mass is 520 g/mol. The molecule has 2 aromatic carbocycles. The summed E-state index contributed by atoms with van der Waals surface area (Å²) in [6, 6.07) is 4.95. The van der Waals surface area contributed by atoms with Gasteiger partial charge in [0, 0.05) is 16.1 Å². The zero-order valence-corrected chi connectivity index (χ0v) is 18.3. The predicted octanol–water partition coefficient (Wildman–Crippen LogP) is 5.18. The lowest BCUT2D eigenvalue weighted by atomic mass is 10.0. The lowest BCUT2D eigenvalue weighted by molar-refractivity contribution is -0.140. The second-order valence-electron chi connectivity index (χ2n) is 5.79. The van der Waals surface area contributed by atoms with Gasteiger partial charge in [0.25, 0.3) is 0 Å². The van der Waals surface area contributed by atoms with Gasteiger partial charge in [0.2, 0.25) is 0 Å². The molecule has 0 heterocycles. The lowest BCUT2D eigenvalue weighted by Crippen LogP contribution is -2.21. The number of nitrogens with two attached hydrogens (primary N) is 1. The molecule has 0 aliphatic heterocycles. The Morgan fingerprint density at radius 3 is 2.59 bits per heavy atom. The number of hydrogen-bond acceptors (Lipinski definition) is 5.